The average molecular weight is 353 g/mol. The van der Waals surface area contributed by atoms with E-state index in [-0.39, 0.29) is 11.4 Å². The van der Waals surface area contributed by atoms with Crippen molar-refractivity contribution in [2.75, 3.05) is 10.6 Å². The van der Waals surface area contributed by atoms with Crippen LogP contribution < -0.4 is 10.6 Å². The van der Waals surface area contributed by atoms with Gasteiger partial charge in [-0.05, 0) is 24.3 Å². The molecule has 2 rings (SSSR count). The molecule has 2 aromatic carbocycles. The Bertz CT molecular complexity index is 820. The number of nitro benzene ring substituents is 1. The van der Waals surface area contributed by atoms with E-state index in [9.17, 15) is 32.9 Å². The van der Waals surface area contributed by atoms with Gasteiger partial charge in [-0.1, -0.05) is 12.1 Å². The molecule has 2 amide bonds. The van der Waals surface area contributed by atoms with Crippen molar-refractivity contribution in [2.45, 2.75) is 6.18 Å². The molecule has 0 fully saturated rings. The summed E-state index contributed by atoms with van der Waals surface area (Å²) in [7, 11) is 0. The minimum atomic E-state index is -4.70. The van der Waals surface area contributed by atoms with Crippen LogP contribution in [-0.2, 0) is 15.8 Å². The topological polar surface area (TPSA) is 101 Å². The van der Waals surface area contributed by atoms with Gasteiger partial charge in [0.05, 0.1) is 16.2 Å². The summed E-state index contributed by atoms with van der Waals surface area (Å²) in [5, 5.41) is 14.5. The molecule has 0 heterocycles. The van der Waals surface area contributed by atoms with Crippen molar-refractivity contribution in [2.24, 2.45) is 0 Å². The monoisotopic (exact) mass is 353 g/mol. The third-order valence-corrected chi connectivity index (χ3v) is 3.02. The van der Waals surface area contributed by atoms with Crippen molar-refractivity contribution in [1.29, 1.82) is 0 Å². The van der Waals surface area contributed by atoms with Gasteiger partial charge in [0.15, 0.2) is 0 Å². The Morgan fingerprint density at radius 1 is 0.920 bits per heavy atom. The van der Waals surface area contributed by atoms with Gasteiger partial charge in [0.25, 0.3) is 5.69 Å². The minimum absolute atomic E-state index is 0.0786. The standard InChI is InChI=1S/C15H10F3N3O4/c16-15(17,18)11-3-1-2-4-12(11)20-14(23)13(22)19-9-5-7-10(8-6-9)21(24)25/h1-8H,(H,19,22)(H,20,23). The van der Waals surface area contributed by atoms with Crippen LogP contribution in [0.1, 0.15) is 5.56 Å². The van der Waals surface area contributed by atoms with Gasteiger partial charge in [-0.3, -0.25) is 19.7 Å². The van der Waals surface area contributed by atoms with Crippen molar-refractivity contribution in [1.82, 2.24) is 0 Å². The third kappa shape index (κ3) is 4.53. The number of hydrogen-bond donors (Lipinski definition) is 2. The number of benzene rings is 2. The van der Waals surface area contributed by atoms with Crippen molar-refractivity contribution >= 4 is 28.9 Å². The highest BCUT2D eigenvalue weighted by Gasteiger charge is 2.34. The maximum absolute atomic E-state index is 12.8. The molecule has 7 nitrogen and oxygen atoms in total. The summed E-state index contributed by atoms with van der Waals surface area (Å²) in [5.74, 6) is -2.53. The van der Waals surface area contributed by atoms with Gasteiger partial charge in [0, 0.05) is 17.8 Å². The minimum Gasteiger partial charge on any atom is -0.318 e. The van der Waals surface area contributed by atoms with E-state index in [2.05, 4.69) is 5.32 Å². The number of amides is 2. The number of para-hydroxylation sites is 1. The first-order valence-electron chi connectivity index (χ1n) is 6.71. The van der Waals surface area contributed by atoms with Gasteiger partial charge < -0.3 is 10.6 Å². The van der Waals surface area contributed by atoms with Crippen LogP contribution in [0.3, 0.4) is 0 Å². The molecule has 2 N–H and O–H groups in total. The van der Waals surface area contributed by atoms with Gasteiger partial charge in [0.2, 0.25) is 0 Å². The van der Waals surface area contributed by atoms with E-state index in [1.807, 2.05) is 5.32 Å². The summed E-state index contributed by atoms with van der Waals surface area (Å²) in [6, 6.07) is 8.79. The molecule has 0 unspecified atom stereocenters. The van der Waals surface area contributed by atoms with Crippen molar-refractivity contribution in [3.05, 3.63) is 64.2 Å². The number of alkyl halides is 3. The molecule has 2 aromatic rings. The van der Waals surface area contributed by atoms with Gasteiger partial charge in [-0.15, -0.1) is 0 Å². The number of non-ortho nitro benzene ring substituents is 1. The smallest absolute Gasteiger partial charge is 0.318 e. The third-order valence-electron chi connectivity index (χ3n) is 3.02. The van der Waals surface area contributed by atoms with Crippen molar-refractivity contribution < 1.29 is 27.7 Å². The first-order chi connectivity index (χ1) is 11.7. The maximum Gasteiger partial charge on any atom is 0.418 e. The lowest BCUT2D eigenvalue weighted by atomic mass is 10.1. The Morgan fingerprint density at radius 3 is 2.04 bits per heavy atom. The Hall–Kier alpha value is -3.43. The van der Waals surface area contributed by atoms with E-state index in [1.165, 1.54) is 18.2 Å². The molecule has 0 spiro atoms. The second kappa shape index (κ2) is 6.99. The molecule has 0 aliphatic heterocycles. The summed E-state index contributed by atoms with van der Waals surface area (Å²) in [6.07, 6.45) is -4.70. The van der Waals surface area contributed by atoms with Crippen molar-refractivity contribution in [3.63, 3.8) is 0 Å². The van der Waals surface area contributed by atoms with Crippen LogP contribution >= 0.6 is 0 Å². The van der Waals surface area contributed by atoms with E-state index in [0.29, 0.717) is 0 Å². The number of halogens is 3. The SMILES string of the molecule is O=C(Nc1ccc([N+](=O)[O-])cc1)C(=O)Nc1ccccc1C(F)(F)F. The van der Waals surface area contributed by atoms with Crippen LogP contribution in [0.5, 0.6) is 0 Å². The second-order valence-electron chi connectivity index (χ2n) is 4.76. The Morgan fingerprint density at radius 2 is 1.48 bits per heavy atom. The summed E-state index contributed by atoms with van der Waals surface area (Å²) < 4.78 is 38.5. The number of anilines is 2. The van der Waals surface area contributed by atoms with Crippen LogP contribution in [0.25, 0.3) is 0 Å². The number of nitrogens with zero attached hydrogens (tertiary/aromatic N) is 1. The zero-order valence-electron chi connectivity index (χ0n) is 12.3. The number of hydrogen-bond acceptors (Lipinski definition) is 4. The summed E-state index contributed by atoms with van der Waals surface area (Å²) in [6.45, 7) is 0. The molecular formula is C15H10F3N3O4. The fourth-order valence-corrected chi connectivity index (χ4v) is 1.87. The molecule has 10 heteroatoms. The highest BCUT2D eigenvalue weighted by molar-refractivity contribution is 6.43. The molecule has 0 aromatic heterocycles. The number of rotatable bonds is 3. The molecule has 0 aliphatic rings. The van der Waals surface area contributed by atoms with Gasteiger partial charge in [-0.25, -0.2) is 0 Å². The van der Waals surface area contributed by atoms with Crippen molar-refractivity contribution in [3.8, 4) is 0 Å². The zero-order chi connectivity index (χ0) is 18.6. The Balaban J connectivity index is 2.09. The molecule has 0 saturated carbocycles. The highest BCUT2D eigenvalue weighted by Crippen LogP contribution is 2.34. The van der Waals surface area contributed by atoms with E-state index in [0.717, 1.165) is 30.3 Å². The average Bonchev–Trinajstić information content (AvgIpc) is 2.54. The van der Waals surface area contributed by atoms with Gasteiger partial charge >= 0.3 is 18.0 Å². The number of carbonyl (C=O) groups is 2. The normalized spacial score (nSPS) is 10.8. The van der Waals surface area contributed by atoms with Gasteiger partial charge in [0.1, 0.15) is 0 Å². The van der Waals surface area contributed by atoms with Crippen LogP contribution in [0.2, 0.25) is 0 Å². The predicted octanol–water partition coefficient (Wildman–Crippen LogP) is 3.19. The number of nitrogens with one attached hydrogen (secondary N) is 2. The van der Waals surface area contributed by atoms with E-state index in [1.54, 1.807) is 0 Å². The molecule has 130 valence electrons. The summed E-state index contributed by atoms with van der Waals surface area (Å²) in [5.41, 5.74) is -1.79. The predicted molar refractivity (Wildman–Crippen MR) is 81.8 cm³/mol. The van der Waals surface area contributed by atoms with Crippen LogP contribution in [0, 0.1) is 10.1 Å². The van der Waals surface area contributed by atoms with E-state index >= 15 is 0 Å². The van der Waals surface area contributed by atoms with Gasteiger partial charge in [-0.2, -0.15) is 13.2 Å². The molecule has 0 aliphatic carbocycles. The first-order valence-corrected chi connectivity index (χ1v) is 6.71. The molecule has 0 bridgehead atoms. The van der Waals surface area contributed by atoms with Crippen LogP contribution in [0.4, 0.5) is 30.2 Å². The fourth-order valence-electron chi connectivity index (χ4n) is 1.87. The van der Waals surface area contributed by atoms with Crippen LogP contribution in [-0.4, -0.2) is 16.7 Å². The second-order valence-corrected chi connectivity index (χ2v) is 4.76. The highest BCUT2D eigenvalue weighted by atomic mass is 19.4. The first kappa shape index (κ1) is 17.9. The lowest BCUT2D eigenvalue weighted by Gasteiger charge is -2.13. The summed E-state index contributed by atoms with van der Waals surface area (Å²) in [4.78, 5) is 33.4. The van der Waals surface area contributed by atoms with E-state index < -0.39 is 34.2 Å². The maximum atomic E-state index is 12.8. The molecule has 0 saturated heterocycles. The summed E-state index contributed by atoms with van der Waals surface area (Å²) >= 11 is 0. The Kier molecular flexibility index (Phi) is 5.01. The molecule has 25 heavy (non-hydrogen) atoms. The molecular weight excluding hydrogens is 343 g/mol. The Labute approximate surface area is 138 Å². The molecule has 0 atom stereocenters. The fraction of sp³-hybridized carbons (Fsp3) is 0.0667. The largest absolute Gasteiger partial charge is 0.418 e. The number of nitro groups is 1. The quantitative estimate of drug-likeness (QED) is 0.503. The van der Waals surface area contributed by atoms with Crippen LogP contribution in [0.15, 0.2) is 48.5 Å². The molecule has 0 radical (unpaired) electrons. The van der Waals surface area contributed by atoms with E-state index in [4.69, 9.17) is 0 Å². The lowest BCUT2D eigenvalue weighted by Crippen LogP contribution is -2.30. The number of carbonyl (C=O) groups excluding carboxylic acids is 2. The lowest BCUT2D eigenvalue weighted by molar-refractivity contribution is -0.384. The zero-order valence-corrected chi connectivity index (χ0v) is 12.3.